The Hall–Kier alpha value is -1.58. The average Bonchev–Trinajstić information content (AvgIpc) is 2.67. The minimum absolute atomic E-state index is 0.214. The standard InChI is InChI=1S/C16H22FN3/c1-10-4-3-5-12(6-10)9-20-15-7-11(2)13(17)8-14(15)19-16(20)18/h7-8,10,12H,3-6,9H2,1-2H3,(H2,18,19). The third kappa shape index (κ3) is 2.39. The Morgan fingerprint density at radius 2 is 2.20 bits per heavy atom. The van der Waals surface area contributed by atoms with E-state index in [0.717, 1.165) is 18.0 Å². The summed E-state index contributed by atoms with van der Waals surface area (Å²) in [6.45, 7) is 5.00. The summed E-state index contributed by atoms with van der Waals surface area (Å²) in [4.78, 5) is 4.30. The van der Waals surface area contributed by atoms with Gasteiger partial charge in [-0.15, -0.1) is 0 Å². The Morgan fingerprint density at radius 3 is 2.95 bits per heavy atom. The minimum Gasteiger partial charge on any atom is -0.369 e. The number of halogens is 1. The molecule has 2 aromatic rings. The Kier molecular flexibility index (Phi) is 3.40. The fourth-order valence-electron chi connectivity index (χ4n) is 3.44. The van der Waals surface area contributed by atoms with Crippen molar-refractivity contribution in [1.82, 2.24) is 9.55 Å². The maximum absolute atomic E-state index is 13.6. The molecule has 1 aliphatic rings. The number of benzene rings is 1. The molecule has 1 saturated carbocycles. The number of nitrogens with zero attached hydrogens (tertiary/aromatic N) is 2. The first kappa shape index (κ1) is 13.4. The van der Waals surface area contributed by atoms with Gasteiger partial charge in [0.1, 0.15) is 5.82 Å². The lowest BCUT2D eigenvalue weighted by Crippen LogP contribution is -2.19. The van der Waals surface area contributed by atoms with Gasteiger partial charge in [-0.3, -0.25) is 0 Å². The van der Waals surface area contributed by atoms with Gasteiger partial charge in [-0.2, -0.15) is 0 Å². The number of aryl methyl sites for hydroxylation is 1. The zero-order valence-electron chi connectivity index (χ0n) is 12.2. The van der Waals surface area contributed by atoms with E-state index in [1.165, 1.54) is 31.7 Å². The van der Waals surface area contributed by atoms with Crippen molar-refractivity contribution in [3.63, 3.8) is 0 Å². The van der Waals surface area contributed by atoms with Crippen LogP contribution in [-0.4, -0.2) is 9.55 Å². The Bertz CT molecular complexity index is 632. The molecule has 0 aliphatic heterocycles. The number of anilines is 1. The maximum atomic E-state index is 13.6. The van der Waals surface area contributed by atoms with Crippen LogP contribution < -0.4 is 5.73 Å². The first-order valence-electron chi connectivity index (χ1n) is 7.46. The second kappa shape index (κ2) is 5.08. The van der Waals surface area contributed by atoms with Crippen molar-refractivity contribution in [2.45, 2.75) is 46.1 Å². The van der Waals surface area contributed by atoms with Crippen molar-refractivity contribution in [1.29, 1.82) is 0 Å². The van der Waals surface area contributed by atoms with Crippen LogP contribution in [0.2, 0.25) is 0 Å². The highest BCUT2D eigenvalue weighted by Crippen LogP contribution is 2.31. The number of nitrogen functional groups attached to an aromatic ring is 1. The Balaban J connectivity index is 1.94. The van der Waals surface area contributed by atoms with Gasteiger partial charge in [0.05, 0.1) is 11.0 Å². The van der Waals surface area contributed by atoms with E-state index in [1.807, 2.05) is 6.07 Å². The molecule has 20 heavy (non-hydrogen) atoms. The third-order valence-electron chi connectivity index (χ3n) is 4.54. The molecule has 1 aromatic carbocycles. The van der Waals surface area contributed by atoms with Crippen molar-refractivity contribution < 1.29 is 4.39 Å². The van der Waals surface area contributed by atoms with Crippen LogP contribution in [0.4, 0.5) is 10.3 Å². The monoisotopic (exact) mass is 275 g/mol. The molecule has 1 aliphatic carbocycles. The molecule has 0 amide bonds. The summed E-state index contributed by atoms with van der Waals surface area (Å²) in [5.74, 6) is 1.74. The van der Waals surface area contributed by atoms with Crippen LogP contribution in [-0.2, 0) is 6.54 Å². The minimum atomic E-state index is -0.214. The molecular formula is C16H22FN3. The first-order chi connectivity index (χ1) is 9.54. The van der Waals surface area contributed by atoms with E-state index in [1.54, 1.807) is 6.92 Å². The topological polar surface area (TPSA) is 43.8 Å². The van der Waals surface area contributed by atoms with E-state index in [4.69, 9.17) is 5.73 Å². The van der Waals surface area contributed by atoms with Crippen LogP contribution in [0, 0.1) is 24.6 Å². The molecular weight excluding hydrogens is 253 g/mol. The second-order valence-electron chi connectivity index (χ2n) is 6.31. The maximum Gasteiger partial charge on any atom is 0.201 e. The fourth-order valence-corrected chi connectivity index (χ4v) is 3.44. The molecule has 108 valence electrons. The highest BCUT2D eigenvalue weighted by atomic mass is 19.1. The summed E-state index contributed by atoms with van der Waals surface area (Å²) in [5, 5.41) is 0. The number of hydrogen-bond donors (Lipinski definition) is 1. The summed E-state index contributed by atoms with van der Waals surface area (Å²) < 4.78 is 15.7. The van der Waals surface area contributed by atoms with Gasteiger partial charge in [-0.05, 0) is 43.2 Å². The van der Waals surface area contributed by atoms with E-state index in [0.29, 0.717) is 22.9 Å². The lowest BCUT2D eigenvalue weighted by molar-refractivity contribution is 0.259. The average molecular weight is 275 g/mol. The van der Waals surface area contributed by atoms with Crippen molar-refractivity contribution in [2.75, 3.05) is 5.73 Å². The van der Waals surface area contributed by atoms with E-state index in [2.05, 4.69) is 16.5 Å². The van der Waals surface area contributed by atoms with Gasteiger partial charge in [-0.1, -0.05) is 19.8 Å². The molecule has 4 heteroatoms. The van der Waals surface area contributed by atoms with Gasteiger partial charge in [0.25, 0.3) is 0 Å². The van der Waals surface area contributed by atoms with Gasteiger partial charge in [0.15, 0.2) is 0 Å². The number of aromatic nitrogens is 2. The predicted octanol–water partition coefficient (Wildman–Crippen LogP) is 3.89. The van der Waals surface area contributed by atoms with Crippen LogP contribution in [0.25, 0.3) is 11.0 Å². The molecule has 0 spiro atoms. The van der Waals surface area contributed by atoms with Crippen LogP contribution in [0.15, 0.2) is 12.1 Å². The summed E-state index contributed by atoms with van der Waals surface area (Å²) in [6, 6.07) is 3.35. The van der Waals surface area contributed by atoms with E-state index >= 15 is 0 Å². The molecule has 0 bridgehead atoms. The molecule has 2 unspecified atom stereocenters. The smallest absolute Gasteiger partial charge is 0.201 e. The molecule has 3 rings (SSSR count). The largest absolute Gasteiger partial charge is 0.369 e. The van der Waals surface area contributed by atoms with Crippen LogP contribution >= 0.6 is 0 Å². The van der Waals surface area contributed by atoms with Crippen LogP contribution in [0.3, 0.4) is 0 Å². The molecule has 1 heterocycles. The lowest BCUT2D eigenvalue weighted by Gasteiger charge is -2.27. The van der Waals surface area contributed by atoms with Crippen molar-refractivity contribution >= 4 is 17.0 Å². The van der Waals surface area contributed by atoms with Crippen molar-refractivity contribution in [2.24, 2.45) is 11.8 Å². The second-order valence-corrected chi connectivity index (χ2v) is 6.31. The van der Waals surface area contributed by atoms with Gasteiger partial charge in [-0.25, -0.2) is 9.37 Å². The Labute approximate surface area is 119 Å². The number of rotatable bonds is 2. The molecule has 1 aromatic heterocycles. The van der Waals surface area contributed by atoms with Crippen LogP contribution in [0.1, 0.15) is 38.2 Å². The fraction of sp³-hybridized carbons (Fsp3) is 0.562. The summed E-state index contributed by atoms with van der Waals surface area (Å²) in [5.41, 5.74) is 8.30. The predicted molar refractivity (Wildman–Crippen MR) is 80.0 cm³/mol. The molecule has 2 N–H and O–H groups in total. The third-order valence-corrected chi connectivity index (χ3v) is 4.54. The SMILES string of the molecule is Cc1cc2c(cc1F)nc(N)n2CC1CCCC(C)C1. The molecule has 3 nitrogen and oxygen atoms in total. The normalized spacial score (nSPS) is 23.4. The lowest BCUT2D eigenvalue weighted by atomic mass is 9.82. The van der Waals surface area contributed by atoms with E-state index < -0.39 is 0 Å². The van der Waals surface area contributed by atoms with E-state index in [9.17, 15) is 4.39 Å². The van der Waals surface area contributed by atoms with Crippen molar-refractivity contribution in [3.05, 3.63) is 23.5 Å². The molecule has 0 radical (unpaired) electrons. The van der Waals surface area contributed by atoms with E-state index in [-0.39, 0.29) is 5.82 Å². The van der Waals surface area contributed by atoms with Crippen LogP contribution in [0.5, 0.6) is 0 Å². The number of imidazole rings is 1. The number of nitrogens with two attached hydrogens (primary N) is 1. The molecule has 2 atom stereocenters. The van der Waals surface area contributed by atoms with Crippen molar-refractivity contribution in [3.8, 4) is 0 Å². The molecule has 1 fully saturated rings. The van der Waals surface area contributed by atoms with Gasteiger partial charge in [0.2, 0.25) is 5.95 Å². The highest BCUT2D eigenvalue weighted by Gasteiger charge is 2.21. The zero-order chi connectivity index (χ0) is 14.3. The Morgan fingerprint density at radius 1 is 1.40 bits per heavy atom. The summed E-state index contributed by atoms with van der Waals surface area (Å²) in [7, 11) is 0. The number of fused-ring (bicyclic) bond motifs is 1. The van der Waals surface area contributed by atoms with Gasteiger partial charge < -0.3 is 10.3 Å². The quantitative estimate of drug-likeness (QED) is 0.903. The summed E-state index contributed by atoms with van der Waals surface area (Å²) in [6.07, 6.45) is 5.13. The number of hydrogen-bond acceptors (Lipinski definition) is 2. The summed E-state index contributed by atoms with van der Waals surface area (Å²) >= 11 is 0. The highest BCUT2D eigenvalue weighted by molar-refractivity contribution is 5.79. The zero-order valence-corrected chi connectivity index (χ0v) is 12.2. The first-order valence-corrected chi connectivity index (χ1v) is 7.46. The van der Waals surface area contributed by atoms with Gasteiger partial charge in [0, 0.05) is 12.6 Å². The molecule has 0 saturated heterocycles. The van der Waals surface area contributed by atoms with Gasteiger partial charge >= 0.3 is 0 Å².